The molecule has 1 aromatic carbocycles. The third-order valence-corrected chi connectivity index (χ3v) is 4.46. The average Bonchev–Trinajstić information content (AvgIpc) is 2.15. The Morgan fingerprint density at radius 2 is 1.71 bits per heavy atom. The Hall–Kier alpha value is -0.0400. The van der Waals surface area contributed by atoms with Gasteiger partial charge in [0.15, 0.2) is 0 Å². The molecule has 0 fully saturated rings. The lowest BCUT2D eigenvalue weighted by atomic mass is 10.4. The van der Waals surface area contributed by atoms with Gasteiger partial charge in [0.25, 0.3) is 0 Å². The Labute approximate surface area is 115 Å². The zero-order valence-corrected chi connectivity index (χ0v) is 11.7. The van der Waals surface area contributed by atoms with E-state index in [1.165, 1.54) is 12.1 Å². The molecule has 0 aliphatic carbocycles. The van der Waals surface area contributed by atoms with Crippen molar-refractivity contribution in [1.82, 2.24) is 4.72 Å². The summed E-state index contributed by atoms with van der Waals surface area (Å²) in [5, 5.41) is 8.75. The molecule has 0 aliphatic rings. The van der Waals surface area contributed by atoms with Crippen LogP contribution in [0.3, 0.4) is 0 Å². The van der Waals surface area contributed by atoms with Crippen LogP contribution in [0, 0.1) is 0 Å². The molecule has 0 atom stereocenters. The van der Waals surface area contributed by atoms with Crippen molar-refractivity contribution in [2.24, 2.45) is 0 Å². The van der Waals surface area contributed by atoms with E-state index < -0.39 is 10.0 Å². The van der Waals surface area contributed by atoms with Crippen molar-refractivity contribution in [2.75, 3.05) is 13.2 Å². The van der Waals surface area contributed by atoms with Crippen LogP contribution < -0.4 is 4.72 Å². The van der Waals surface area contributed by atoms with Crippen molar-refractivity contribution >= 4 is 44.8 Å². The molecule has 17 heavy (non-hydrogen) atoms. The Bertz CT molecular complexity index is 481. The van der Waals surface area contributed by atoms with Gasteiger partial charge in [0, 0.05) is 18.2 Å². The van der Waals surface area contributed by atoms with Gasteiger partial charge in [-0.3, -0.25) is 0 Å². The molecule has 0 aromatic heterocycles. The normalized spacial score (nSPS) is 11.8. The summed E-state index contributed by atoms with van der Waals surface area (Å²) >= 11 is 17.3. The van der Waals surface area contributed by atoms with Crippen molar-refractivity contribution in [3.63, 3.8) is 0 Å². The molecule has 0 radical (unpaired) electrons. The highest BCUT2D eigenvalue weighted by atomic mass is 35.5. The molecule has 2 N–H and O–H groups in total. The Kier molecular flexibility index (Phi) is 5.50. The molecule has 0 aliphatic heterocycles. The fraction of sp³-hybridized carbons (Fsp3) is 0.333. The molecule has 0 bridgehead atoms. The first-order chi connectivity index (χ1) is 7.88. The zero-order valence-electron chi connectivity index (χ0n) is 8.58. The lowest BCUT2D eigenvalue weighted by Crippen LogP contribution is -2.26. The number of rotatable bonds is 5. The van der Waals surface area contributed by atoms with Gasteiger partial charge in [-0.15, -0.1) is 0 Å². The fourth-order valence-corrected chi connectivity index (χ4v) is 3.76. The molecule has 0 unspecified atom stereocenters. The Morgan fingerprint density at radius 3 is 2.18 bits per heavy atom. The van der Waals surface area contributed by atoms with Gasteiger partial charge >= 0.3 is 0 Å². The summed E-state index contributed by atoms with van der Waals surface area (Å²) in [5.41, 5.74) is 0. The largest absolute Gasteiger partial charge is 0.396 e. The van der Waals surface area contributed by atoms with Crippen LogP contribution in [-0.4, -0.2) is 26.7 Å². The molecule has 0 spiro atoms. The maximum Gasteiger partial charge on any atom is 0.243 e. The molecule has 0 amide bonds. The highest BCUT2D eigenvalue weighted by Crippen LogP contribution is 2.32. The second kappa shape index (κ2) is 6.22. The van der Waals surface area contributed by atoms with Crippen LogP contribution in [-0.2, 0) is 10.0 Å². The first-order valence-electron chi connectivity index (χ1n) is 4.63. The number of hydrogen-bond donors (Lipinski definition) is 2. The van der Waals surface area contributed by atoms with Crippen molar-refractivity contribution in [1.29, 1.82) is 0 Å². The van der Waals surface area contributed by atoms with E-state index in [4.69, 9.17) is 39.9 Å². The summed E-state index contributed by atoms with van der Waals surface area (Å²) in [6, 6.07) is 2.60. The summed E-state index contributed by atoms with van der Waals surface area (Å²) in [6.45, 7) is -0.00127. The monoisotopic (exact) mass is 317 g/mol. The third kappa shape index (κ3) is 3.98. The minimum absolute atomic E-state index is 0.0426. The van der Waals surface area contributed by atoms with Gasteiger partial charge < -0.3 is 5.11 Å². The van der Waals surface area contributed by atoms with Gasteiger partial charge in [0.2, 0.25) is 10.0 Å². The van der Waals surface area contributed by atoms with Gasteiger partial charge in [-0.25, -0.2) is 13.1 Å². The first kappa shape index (κ1) is 15.0. The van der Waals surface area contributed by atoms with Gasteiger partial charge in [-0.1, -0.05) is 34.8 Å². The van der Waals surface area contributed by atoms with E-state index in [1.54, 1.807) is 0 Å². The Balaban J connectivity index is 3.07. The summed E-state index contributed by atoms with van der Waals surface area (Å²) in [6.07, 6.45) is 0.308. The minimum Gasteiger partial charge on any atom is -0.396 e. The predicted molar refractivity (Wildman–Crippen MR) is 68.4 cm³/mol. The molecule has 1 aromatic rings. The van der Waals surface area contributed by atoms with Crippen LogP contribution in [0.5, 0.6) is 0 Å². The molecule has 0 saturated heterocycles. The molecular weight excluding hydrogens is 309 g/mol. The van der Waals surface area contributed by atoms with Crippen molar-refractivity contribution in [3.05, 3.63) is 27.2 Å². The van der Waals surface area contributed by atoms with Crippen molar-refractivity contribution in [3.8, 4) is 0 Å². The van der Waals surface area contributed by atoms with E-state index in [0.29, 0.717) is 6.42 Å². The van der Waals surface area contributed by atoms with Gasteiger partial charge in [-0.2, -0.15) is 0 Å². The molecule has 4 nitrogen and oxygen atoms in total. The molecule has 1 rings (SSSR count). The SMILES string of the molecule is O=S(=O)(NCCCO)c1c(Cl)cc(Cl)cc1Cl. The number of aliphatic hydroxyl groups excluding tert-OH is 1. The number of hydrogen-bond acceptors (Lipinski definition) is 3. The number of halogens is 3. The molecule has 8 heteroatoms. The van der Waals surface area contributed by atoms with Gasteiger partial charge in [-0.05, 0) is 18.6 Å². The lowest BCUT2D eigenvalue weighted by Gasteiger charge is -2.09. The molecule has 0 saturated carbocycles. The minimum atomic E-state index is -3.79. The number of nitrogens with one attached hydrogen (secondary N) is 1. The summed E-state index contributed by atoms with van der Waals surface area (Å²) in [5.74, 6) is 0. The lowest BCUT2D eigenvalue weighted by molar-refractivity contribution is 0.289. The maximum absolute atomic E-state index is 11.9. The first-order valence-corrected chi connectivity index (χ1v) is 7.25. The van der Waals surface area contributed by atoms with E-state index in [1.807, 2.05) is 0 Å². The summed E-state index contributed by atoms with van der Waals surface area (Å²) < 4.78 is 26.0. The molecule has 0 heterocycles. The van der Waals surface area contributed by atoms with Crippen molar-refractivity contribution < 1.29 is 13.5 Å². The smallest absolute Gasteiger partial charge is 0.243 e. The van der Waals surface area contributed by atoms with Gasteiger partial charge in [0.05, 0.1) is 10.0 Å². The van der Waals surface area contributed by atoms with E-state index in [9.17, 15) is 8.42 Å². The zero-order chi connectivity index (χ0) is 13.1. The average molecular weight is 319 g/mol. The van der Waals surface area contributed by atoms with Crippen LogP contribution in [0.2, 0.25) is 15.1 Å². The number of benzene rings is 1. The molecule has 96 valence electrons. The maximum atomic E-state index is 11.9. The summed E-state index contributed by atoms with van der Waals surface area (Å²) in [4.78, 5) is -0.205. The van der Waals surface area contributed by atoms with E-state index in [-0.39, 0.29) is 33.1 Å². The number of aliphatic hydroxyl groups is 1. The van der Waals surface area contributed by atoms with Gasteiger partial charge in [0.1, 0.15) is 4.90 Å². The van der Waals surface area contributed by atoms with Crippen molar-refractivity contribution in [2.45, 2.75) is 11.3 Å². The quantitative estimate of drug-likeness (QED) is 0.819. The number of sulfonamides is 1. The van der Waals surface area contributed by atoms with Crippen LogP contribution >= 0.6 is 34.8 Å². The highest BCUT2D eigenvalue weighted by Gasteiger charge is 2.21. The van der Waals surface area contributed by atoms with E-state index in [0.717, 1.165) is 0 Å². The van der Waals surface area contributed by atoms with Crippen LogP contribution in [0.15, 0.2) is 17.0 Å². The molecular formula is C9H10Cl3NO3S. The fourth-order valence-electron chi connectivity index (χ4n) is 1.14. The van der Waals surface area contributed by atoms with Crippen LogP contribution in [0.4, 0.5) is 0 Å². The van der Waals surface area contributed by atoms with E-state index >= 15 is 0 Å². The Morgan fingerprint density at radius 1 is 1.18 bits per heavy atom. The standard InChI is InChI=1S/C9H10Cl3NO3S/c10-6-4-7(11)9(8(12)5-6)17(15,16)13-2-1-3-14/h4-5,13-14H,1-3H2. The second-order valence-electron chi connectivity index (χ2n) is 3.17. The van der Waals surface area contributed by atoms with E-state index in [2.05, 4.69) is 4.72 Å². The van der Waals surface area contributed by atoms with Crippen LogP contribution in [0.25, 0.3) is 0 Å². The predicted octanol–water partition coefficient (Wildman–Crippen LogP) is 2.31. The summed E-state index contributed by atoms with van der Waals surface area (Å²) in [7, 11) is -3.79. The second-order valence-corrected chi connectivity index (χ2v) is 6.13. The van der Waals surface area contributed by atoms with Crippen LogP contribution in [0.1, 0.15) is 6.42 Å². The third-order valence-electron chi connectivity index (χ3n) is 1.86. The highest BCUT2D eigenvalue weighted by molar-refractivity contribution is 7.89. The topological polar surface area (TPSA) is 66.4 Å².